The van der Waals surface area contributed by atoms with E-state index in [1.807, 2.05) is 185 Å². The summed E-state index contributed by atoms with van der Waals surface area (Å²) >= 11 is 0. The summed E-state index contributed by atoms with van der Waals surface area (Å²) in [5.74, 6) is -1.30. The zero-order valence-electron chi connectivity index (χ0n) is 40.0. The number of ether oxygens (including phenoxy) is 11. The lowest BCUT2D eigenvalue weighted by atomic mass is 9.88. The molecule has 10 rings (SSSR count). The van der Waals surface area contributed by atoms with E-state index in [0.29, 0.717) is 30.1 Å². The first-order chi connectivity index (χ1) is 34.1. The van der Waals surface area contributed by atoms with Gasteiger partial charge in [0.15, 0.2) is 17.7 Å². The highest BCUT2D eigenvalue weighted by atomic mass is 16.8. The normalized spacial score (nSPS) is 27.8. The van der Waals surface area contributed by atoms with Gasteiger partial charge in [0.25, 0.3) is 0 Å². The molecule has 6 aromatic carbocycles. The molecular weight excluding hydrogens is 889 g/mol. The molecule has 0 spiro atoms. The van der Waals surface area contributed by atoms with Gasteiger partial charge in [-0.1, -0.05) is 152 Å². The minimum atomic E-state index is -0.946. The van der Waals surface area contributed by atoms with Crippen LogP contribution in [0.2, 0.25) is 0 Å². The fourth-order valence-electron chi connectivity index (χ4n) is 9.79. The van der Waals surface area contributed by atoms with E-state index in [1.54, 1.807) is 6.07 Å². The summed E-state index contributed by atoms with van der Waals surface area (Å²) in [6, 6.07) is 53.3. The largest absolute Gasteiger partial charge is 0.507 e. The molecule has 1 N–H and O–H groups in total. The van der Waals surface area contributed by atoms with Crippen molar-refractivity contribution in [2.24, 2.45) is 0 Å². The van der Waals surface area contributed by atoms with Crippen LogP contribution < -0.4 is 4.74 Å². The number of benzene rings is 6. The number of rotatable bonds is 18. The van der Waals surface area contributed by atoms with Crippen LogP contribution in [-0.2, 0) is 73.8 Å². The zero-order valence-corrected chi connectivity index (χ0v) is 40.0. The molecule has 12 nitrogen and oxygen atoms in total. The van der Waals surface area contributed by atoms with E-state index in [4.69, 9.17) is 52.1 Å². The van der Waals surface area contributed by atoms with Crippen LogP contribution in [-0.4, -0.2) is 85.0 Å². The average Bonchev–Trinajstić information content (AvgIpc) is 4.02. The van der Waals surface area contributed by atoms with Gasteiger partial charge in [-0.2, -0.15) is 0 Å². The van der Waals surface area contributed by atoms with E-state index in [1.165, 1.54) is 0 Å². The molecule has 4 fully saturated rings. The summed E-state index contributed by atoms with van der Waals surface area (Å²) in [4.78, 5) is 0. The first-order valence-corrected chi connectivity index (χ1v) is 24.2. The molecule has 6 aromatic rings. The van der Waals surface area contributed by atoms with Crippen molar-refractivity contribution in [3.63, 3.8) is 0 Å². The molecule has 0 aliphatic carbocycles. The van der Waals surface area contributed by atoms with Gasteiger partial charge in [0.1, 0.15) is 60.3 Å². The summed E-state index contributed by atoms with van der Waals surface area (Å²) < 4.78 is 73.8. The van der Waals surface area contributed by atoms with Gasteiger partial charge in [0.2, 0.25) is 6.29 Å². The molecule has 4 aliphatic rings. The molecule has 12 heteroatoms. The smallest absolute Gasteiger partial charge is 0.229 e. The van der Waals surface area contributed by atoms with Gasteiger partial charge in [-0.05, 0) is 67.6 Å². The molecule has 70 heavy (non-hydrogen) atoms. The van der Waals surface area contributed by atoms with Crippen LogP contribution in [0.15, 0.2) is 164 Å². The number of hydrogen-bond acceptors (Lipinski definition) is 12. The van der Waals surface area contributed by atoms with Crippen molar-refractivity contribution < 1.29 is 57.2 Å². The summed E-state index contributed by atoms with van der Waals surface area (Å²) in [7, 11) is 0. The number of phenolic OH excluding ortho intramolecular Hbond substituents is 1. The van der Waals surface area contributed by atoms with Gasteiger partial charge in [0, 0.05) is 11.1 Å². The van der Waals surface area contributed by atoms with Gasteiger partial charge in [-0.3, -0.25) is 0 Å². The Labute approximate surface area is 410 Å². The Morgan fingerprint density at radius 2 is 1.04 bits per heavy atom. The average molecular weight is 951 g/mol. The highest BCUT2D eigenvalue weighted by molar-refractivity contribution is 5.74. The first-order valence-electron chi connectivity index (χ1n) is 24.2. The molecule has 4 heterocycles. The predicted molar refractivity (Wildman–Crippen MR) is 260 cm³/mol. The number of hydrogen-bond donors (Lipinski definition) is 1. The summed E-state index contributed by atoms with van der Waals surface area (Å²) in [5.41, 5.74) is 5.63. The topological polar surface area (TPSA) is 122 Å². The molecule has 0 radical (unpaired) electrons. The maximum Gasteiger partial charge on any atom is 0.229 e. The van der Waals surface area contributed by atoms with Crippen LogP contribution in [0.25, 0.3) is 11.1 Å². The van der Waals surface area contributed by atoms with Gasteiger partial charge >= 0.3 is 0 Å². The predicted octanol–water partition coefficient (Wildman–Crippen LogP) is 10.2. The van der Waals surface area contributed by atoms with Crippen molar-refractivity contribution in [1.82, 2.24) is 0 Å². The minimum absolute atomic E-state index is 0.00492. The molecule has 366 valence electrons. The highest BCUT2D eigenvalue weighted by Gasteiger charge is 2.60. The number of fused-ring (bicyclic) bond motifs is 1. The van der Waals surface area contributed by atoms with E-state index in [-0.39, 0.29) is 32.2 Å². The third-order valence-corrected chi connectivity index (χ3v) is 13.1. The Morgan fingerprint density at radius 1 is 0.529 bits per heavy atom. The lowest BCUT2D eigenvalue weighted by Gasteiger charge is -2.46. The SMILES string of the molecule is CC1(C)O[C@@H]2[C@H](O1)[C@@H](Oc1cc(-c3ccccc3)c(O)c([C@@H]3O[C@H](COCc4ccccc4)[C@@H](OCc4ccccc4)[C@H](OCc4ccccc4)[C@H]3OCc3ccccc3)c1)O[C@@H]2[C@H]1COC(C)(C)O1. The van der Waals surface area contributed by atoms with Crippen LogP contribution in [0.3, 0.4) is 0 Å². The van der Waals surface area contributed by atoms with Crippen molar-refractivity contribution in [3.05, 3.63) is 192 Å². The van der Waals surface area contributed by atoms with Gasteiger partial charge < -0.3 is 57.2 Å². The van der Waals surface area contributed by atoms with Crippen LogP contribution in [0, 0.1) is 0 Å². The van der Waals surface area contributed by atoms with Crippen LogP contribution >= 0.6 is 0 Å². The van der Waals surface area contributed by atoms with Gasteiger partial charge in [-0.15, -0.1) is 0 Å². The standard InChI is InChI=1S/C58H62O12/c1-57(2)64-37-47(68-57)51-54-55(70-58(3,4)69-54)56(67-51)65-43-30-44(42-28-18-9-19-29-42)48(59)45(31-43)49-52(62-34-40-24-14-7-15-25-40)53(63-35-41-26-16-8-17-27-41)50(61-33-39-22-12-6-13-23-39)46(66-49)36-60-32-38-20-10-5-11-21-38/h5-31,46-47,49-56,59H,32-37H2,1-4H3/t46-,47-,49+,50-,51-,52+,53+,54+,55+,56+/m1/s1. The summed E-state index contributed by atoms with van der Waals surface area (Å²) in [6.07, 6.45) is -6.93. The van der Waals surface area contributed by atoms with E-state index in [0.717, 1.165) is 27.8 Å². The third-order valence-electron chi connectivity index (χ3n) is 13.1. The first kappa shape index (κ1) is 48.2. The van der Waals surface area contributed by atoms with Gasteiger partial charge in [-0.25, -0.2) is 0 Å². The fraction of sp³-hybridized carbons (Fsp3) is 0.379. The maximum absolute atomic E-state index is 12.8. The van der Waals surface area contributed by atoms with E-state index in [2.05, 4.69) is 0 Å². The second-order valence-corrected chi connectivity index (χ2v) is 19.2. The zero-order chi connectivity index (χ0) is 48.1. The van der Waals surface area contributed by atoms with Crippen LogP contribution in [0.4, 0.5) is 0 Å². The Morgan fingerprint density at radius 3 is 1.60 bits per heavy atom. The Balaban J connectivity index is 1.06. The number of phenols is 1. The van der Waals surface area contributed by atoms with E-state index < -0.39 is 72.8 Å². The Kier molecular flexibility index (Phi) is 14.8. The lowest BCUT2D eigenvalue weighted by Crippen LogP contribution is -2.58. The molecule has 4 saturated heterocycles. The molecule has 0 bridgehead atoms. The van der Waals surface area contributed by atoms with Crippen molar-refractivity contribution in [2.45, 2.75) is 127 Å². The van der Waals surface area contributed by atoms with E-state index >= 15 is 0 Å². The van der Waals surface area contributed by atoms with Crippen LogP contribution in [0.5, 0.6) is 11.5 Å². The van der Waals surface area contributed by atoms with Crippen molar-refractivity contribution in [2.75, 3.05) is 13.2 Å². The second-order valence-electron chi connectivity index (χ2n) is 19.2. The lowest BCUT2D eigenvalue weighted by molar-refractivity contribution is -0.275. The Bertz CT molecular complexity index is 2580. The van der Waals surface area contributed by atoms with Crippen molar-refractivity contribution >= 4 is 0 Å². The monoisotopic (exact) mass is 950 g/mol. The molecule has 4 aliphatic heterocycles. The molecule has 0 amide bonds. The Hall–Kier alpha value is -5.48. The molecule has 0 unspecified atom stereocenters. The van der Waals surface area contributed by atoms with Gasteiger partial charge in [0.05, 0.1) is 39.6 Å². The maximum atomic E-state index is 12.8. The van der Waals surface area contributed by atoms with Crippen molar-refractivity contribution in [1.29, 1.82) is 0 Å². The molecule has 10 atom stereocenters. The molecule has 0 saturated carbocycles. The molecule has 0 aromatic heterocycles. The summed E-state index contributed by atoms with van der Waals surface area (Å²) in [6.45, 7) is 9.08. The number of aromatic hydroxyl groups is 1. The third kappa shape index (κ3) is 11.3. The second kappa shape index (κ2) is 21.5. The van der Waals surface area contributed by atoms with E-state index in [9.17, 15) is 5.11 Å². The fourth-order valence-corrected chi connectivity index (χ4v) is 9.79. The quantitative estimate of drug-likeness (QED) is 0.0883. The summed E-state index contributed by atoms with van der Waals surface area (Å²) in [5, 5.41) is 12.8. The van der Waals surface area contributed by atoms with Crippen molar-refractivity contribution in [3.8, 4) is 22.6 Å². The molecular formula is C58H62O12. The van der Waals surface area contributed by atoms with Crippen LogP contribution in [0.1, 0.15) is 61.6 Å². The minimum Gasteiger partial charge on any atom is -0.507 e. The highest BCUT2D eigenvalue weighted by Crippen LogP contribution is 2.48.